The van der Waals surface area contributed by atoms with Crippen LogP contribution in [0.5, 0.6) is 23.0 Å². The highest BCUT2D eigenvalue weighted by Crippen LogP contribution is 2.38. The van der Waals surface area contributed by atoms with Crippen LogP contribution >= 0.6 is 15.9 Å². The van der Waals surface area contributed by atoms with E-state index in [0.717, 1.165) is 15.6 Å². The number of halogens is 1. The number of carbonyl (C=O) groups is 1. The second-order valence-corrected chi connectivity index (χ2v) is 7.55. The Morgan fingerprint density at radius 2 is 1.90 bits per heavy atom. The third-order valence-corrected chi connectivity index (χ3v) is 5.13. The van der Waals surface area contributed by atoms with E-state index in [1.807, 2.05) is 42.5 Å². The number of hydrogen-bond acceptors (Lipinski definition) is 5. The van der Waals surface area contributed by atoms with Gasteiger partial charge in [-0.3, -0.25) is 4.79 Å². The minimum atomic E-state index is -0.265. The Kier molecular flexibility index (Phi) is 6.43. The van der Waals surface area contributed by atoms with Crippen molar-refractivity contribution in [2.24, 2.45) is 0 Å². The molecule has 0 fully saturated rings. The lowest BCUT2D eigenvalue weighted by Crippen LogP contribution is -2.07. The average Bonchev–Trinajstić information content (AvgIpc) is 3.25. The zero-order valence-corrected chi connectivity index (χ0v) is 18.3. The van der Waals surface area contributed by atoms with Crippen molar-refractivity contribution in [3.8, 4) is 23.0 Å². The fraction of sp³-hybridized carbons (Fsp3) is 0.125. The molecule has 0 spiro atoms. The monoisotopic (exact) mass is 481 g/mol. The Balaban J connectivity index is 1.43. The molecular formula is C24H20BrNO5. The van der Waals surface area contributed by atoms with Crippen molar-refractivity contribution in [2.45, 2.75) is 6.61 Å². The summed E-state index contributed by atoms with van der Waals surface area (Å²) >= 11 is 3.54. The quantitative estimate of drug-likeness (QED) is 0.456. The highest BCUT2D eigenvalue weighted by Gasteiger charge is 2.14. The zero-order chi connectivity index (χ0) is 21.6. The summed E-state index contributed by atoms with van der Waals surface area (Å²) in [5.41, 5.74) is 2.47. The number of benzene rings is 3. The minimum absolute atomic E-state index is 0.189. The first-order valence-corrected chi connectivity index (χ1v) is 10.3. The molecule has 7 heteroatoms. The fourth-order valence-corrected chi connectivity index (χ4v) is 3.61. The highest BCUT2D eigenvalue weighted by atomic mass is 79.9. The molecule has 1 heterocycles. The van der Waals surface area contributed by atoms with Gasteiger partial charge in [-0.15, -0.1) is 0 Å². The van der Waals surface area contributed by atoms with Gasteiger partial charge in [0.15, 0.2) is 23.0 Å². The predicted molar refractivity (Wildman–Crippen MR) is 122 cm³/mol. The SMILES string of the molecule is COc1cc(C=CC(=O)Nc2ccc3c(c2)OCO3)cc(Br)c1OCc1ccccc1. The molecule has 3 aromatic rings. The molecule has 1 N–H and O–H groups in total. The van der Waals surface area contributed by atoms with E-state index in [-0.39, 0.29) is 12.7 Å². The summed E-state index contributed by atoms with van der Waals surface area (Å²) in [6.45, 7) is 0.608. The Morgan fingerprint density at radius 3 is 2.71 bits per heavy atom. The second kappa shape index (κ2) is 9.57. The van der Waals surface area contributed by atoms with Crippen LogP contribution in [0, 0.1) is 0 Å². The maximum Gasteiger partial charge on any atom is 0.248 e. The number of fused-ring (bicyclic) bond motifs is 1. The topological polar surface area (TPSA) is 66.0 Å². The molecule has 0 atom stereocenters. The van der Waals surface area contributed by atoms with Crippen LogP contribution in [0.25, 0.3) is 6.08 Å². The molecule has 6 nitrogen and oxygen atoms in total. The first-order valence-electron chi connectivity index (χ1n) is 9.55. The van der Waals surface area contributed by atoms with E-state index in [2.05, 4.69) is 21.2 Å². The number of carbonyl (C=O) groups excluding carboxylic acids is 1. The van der Waals surface area contributed by atoms with Crippen molar-refractivity contribution >= 4 is 33.6 Å². The molecule has 31 heavy (non-hydrogen) atoms. The molecule has 0 radical (unpaired) electrons. The number of methoxy groups -OCH3 is 1. The normalized spacial score (nSPS) is 12.1. The fourth-order valence-electron chi connectivity index (χ4n) is 3.04. The molecular weight excluding hydrogens is 462 g/mol. The molecule has 0 aliphatic carbocycles. The number of nitrogens with one attached hydrogen (secondary N) is 1. The largest absolute Gasteiger partial charge is 0.493 e. The lowest BCUT2D eigenvalue weighted by molar-refractivity contribution is -0.111. The molecule has 0 saturated carbocycles. The third kappa shape index (κ3) is 5.19. The summed E-state index contributed by atoms with van der Waals surface area (Å²) in [6.07, 6.45) is 3.16. The van der Waals surface area contributed by atoms with E-state index in [0.29, 0.717) is 35.3 Å². The average molecular weight is 482 g/mol. The van der Waals surface area contributed by atoms with Gasteiger partial charge in [-0.2, -0.15) is 0 Å². The summed E-state index contributed by atoms with van der Waals surface area (Å²) in [7, 11) is 1.58. The van der Waals surface area contributed by atoms with Gasteiger partial charge < -0.3 is 24.3 Å². The van der Waals surface area contributed by atoms with Gasteiger partial charge in [0, 0.05) is 17.8 Å². The summed E-state index contributed by atoms with van der Waals surface area (Å²) in [5, 5.41) is 2.81. The Labute approximate surface area is 188 Å². The van der Waals surface area contributed by atoms with Crippen LogP contribution in [-0.2, 0) is 11.4 Å². The molecule has 3 aromatic carbocycles. The van der Waals surface area contributed by atoms with Crippen LogP contribution in [0.3, 0.4) is 0 Å². The van der Waals surface area contributed by atoms with E-state index >= 15 is 0 Å². The summed E-state index contributed by atoms with van der Waals surface area (Å²) < 4.78 is 22.8. The first-order chi connectivity index (χ1) is 15.1. The Bertz CT molecular complexity index is 1110. The maximum atomic E-state index is 12.3. The molecule has 0 unspecified atom stereocenters. The van der Waals surface area contributed by atoms with Crippen molar-refractivity contribution in [3.05, 3.63) is 82.3 Å². The lowest BCUT2D eigenvalue weighted by Gasteiger charge is -2.13. The van der Waals surface area contributed by atoms with Gasteiger partial charge in [0.1, 0.15) is 6.61 Å². The van der Waals surface area contributed by atoms with Crippen molar-refractivity contribution < 1.29 is 23.7 Å². The van der Waals surface area contributed by atoms with Crippen molar-refractivity contribution in [1.82, 2.24) is 0 Å². The van der Waals surface area contributed by atoms with E-state index in [1.54, 1.807) is 31.4 Å². The van der Waals surface area contributed by atoms with Gasteiger partial charge in [0.2, 0.25) is 12.7 Å². The molecule has 0 aromatic heterocycles. The molecule has 1 amide bonds. The van der Waals surface area contributed by atoms with Crippen LogP contribution in [0.2, 0.25) is 0 Å². The number of ether oxygens (including phenoxy) is 4. The third-order valence-electron chi connectivity index (χ3n) is 4.55. The van der Waals surface area contributed by atoms with Crippen LogP contribution in [0.15, 0.2) is 71.2 Å². The van der Waals surface area contributed by atoms with Crippen LogP contribution in [-0.4, -0.2) is 19.8 Å². The summed E-state index contributed by atoms with van der Waals surface area (Å²) in [6, 6.07) is 18.8. The Morgan fingerprint density at radius 1 is 1.10 bits per heavy atom. The van der Waals surface area contributed by atoms with Crippen LogP contribution in [0.4, 0.5) is 5.69 Å². The number of amides is 1. The molecule has 158 valence electrons. The number of anilines is 1. The molecule has 4 rings (SSSR count). The standard InChI is InChI=1S/C24H20BrNO5/c1-28-22-12-17(11-19(25)24(22)29-14-16-5-3-2-4-6-16)7-10-23(27)26-18-8-9-20-21(13-18)31-15-30-20/h2-13H,14-15H2,1H3,(H,26,27). The zero-order valence-electron chi connectivity index (χ0n) is 16.8. The molecule has 1 aliphatic rings. The predicted octanol–water partition coefficient (Wildman–Crippen LogP) is 5.42. The summed E-state index contributed by atoms with van der Waals surface area (Å²) in [4.78, 5) is 12.3. The smallest absolute Gasteiger partial charge is 0.248 e. The molecule has 0 saturated heterocycles. The van der Waals surface area contributed by atoms with Gasteiger partial charge in [0.25, 0.3) is 0 Å². The van der Waals surface area contributed by atoms with Crippen molar-refractivity contribution in [2.75, 3.05) is 19.2 Å². The Hall–Kier alpha value is -3.45. The van der Waals surface area contributed by atoms with Gasteiger partial charge >= 0.3 is 0 Å². The van der Waals surface area contributed by atoms with E-state index in [1.165, 1.54) is 6.08 Å². The second-order valence-electron chi connectivity index (χ2n) is 6.70. The lowest BCUT2D eigenvalue weighted by atomic mass is 10.2. The number of hydrogen-bond donors (Lipinski definition) is 1. The first kappa shape index (κ1) is 20.8. The van der Waals surface area contributed by atoms with E-state index in [4.69, 9.17) is 18.9 Å². The van der Waals surface area contributed by atoms with Gasteiger partial charge in [-0.05, 0) is 57.4 Å². The summed E-state index contributed by atoms with van der Waals surface area (Å²) in [5.74, 6) is 2.19. The molecule has 0 bridgehead atoms. The van der Waals surface area contributed by atoms with Crippen LogP contribution in [0.1, 0.15) is 11.1 Å². The molecule has 1 aliphatic heterocycles. The van der Waals surface area contributed by atoms with Crippen molar-refractivity contribution in [3.63, 3.8) is 0 Å². The van der Waals surface area contributed by atoms with E-state index < -0.39 is 0 Å². The van der Waals surface area contributed by atoms with E-state index in [9.17, 15) is 4.79 Å². The van der Waals surface area contributed by atoms with Crippen LogP contribution < -0.4 is 24.3 Å². The maximum absolute atomic E-state index is 12.3. The number of rotatable bonds is 7. The van der Waals surface area contributed by atoms with Gasteiger partial charge in [0.05, 0.1) is 11.6 Å². The van der Waals surface area contributed by atoms with Crippen molar-refractivity contribution in [1.29, 1.82) is 0 Å². The highest BCUT2D eigenvalue weighted by molar-refractivity contribution is 9.10. The van der Waals surface area contributed by atoms with Gasteiger partial charge in [-0.1, -0.05) is 30.3 Å². The van der Waals surface area contributed by atoms with Gasteiger partial charge in [-0.25, -0.2) is 0 Å². The minimum Gasteiger partial charge on any atom is -0.493 e.